The highest BCUT2D eigenvalue weighted by Gasteiger charge is 2.67. The summed E-state index contributed by atoms with van der Waals surface area (Å²) in [5.74, 6) is -8.22. The first-order chi connectivity index (χ1) is 30.9. The first kappa shape index (κ1) is 42.5. The van der Waals surface area contributed by atoms with Gasteiger partial charge in [-0.05, 0) is 96.0 Å². The van der Waals surface area contributed by atoms with Gasteiger partial charge in [0.2, 0.25) is 15.9 Å². The van der Waals surface area contributed by atoms with E-state index in [-0.39, 0.29) is 61.7 Å². The molecule has 3 aromatic heterocycles. The molecule has 0 bridgehead atoms. The van der Waals surface area contributed by atoms with E-state index < -0.39 is 87.7 Å². The predicted molar refractivity (Wildman–Crippen MR) is 227 cm³/mol. The molecular weight excluding hydrogens is 902 g/mol. The van der Waals surface area contributed by atoms with Crippen LogP contribution in [0.4, 0.5) is 32.2 Å². The SMILES string of the molecule is Cn1nc(NS(C)(=O)=O)c2c(Cl)ccc(-n3c([C@H](Cc4cc(F)cc(F)c4)NC(=O)Cn4nc(C(F)F)c5c4C(F)(F)C4CC54)nc4cc(-c5ccc6c(c5)CCCO6)ccc4c3=O)c21. The van der Waals surface area contributed by atoms with Crippen LogP contribution in [0.15, 0.2) is 71.5 Å². The number of carbonyl (C=O) groups excluding carboxylic acids is 1. The van der Waals surface area contributed by atoms with Crippen LogP contribution in [0.3, 0.4) is 0 Å². The zero-order valence-corrected chi connectivity index (χ0v) is 35.8. The van der Waals surface area contributed by atoms with Gasteiger partial charge in [-0.3, -0.25) is 28.2 Å². The van der Waals surface area contributed by atoms with Crippen LogP contribution in [0.1, 0.15) is 65.1 Å². The first-order valence-electron chi connectivity index (χ1n) is 20.3. The maximum Gasteiger partial charge on any atom is 0.293 e. The largest absolute Gasteiger partial charge is 0.493 e. The fourth-order valence-electron chi connectivity index (χ4n) is 9.30. The molecule has 2 N–H and O–H groups in total. The van der Waals surface area contributed by atoms with Crippen molar-refractivity contribution in [3.63, 3.8) is 0 Å². The average Bonchev–Trinajstić information content (AvgIpc) is 3.78. The maximum absolute atomic E-state index is 15.6. The number of hydrogen-bond acceptors (Lipinski definition) is 8. The lowest BCUT2D eigenvalue weighted by atomic mass is 9.98. The third-order valence-electron chi connectivity index (χ3n) is 12.0. The van der Waals surface area contributed by atoms with Crippen LogP contribution in [-0.4, -0.2) is 56.3 Å². The van der Waals surface area contributed by atoms with Crippen molar-refractivity contribution >= 4 is 55.2 Å². The second kappa shape index (κ2) is 15.4. The summed E-state index contributed by atoms with van der Waals surface area (Å²) in [4.78, 5) is 34.3. The predicted octanol–water partition coefficient (Wildman–Crippen LogP) is 8.01. The van der Waals surface area contributed by atoms with Gasteiger partial charge in [0, 0.05) is 31.0 Å². The molecule has 336 valence electrons. The molecule has 2 unspecified atom stereocenters. The molecule has 0 saturated heterocycles. The van der Waals surface area contributed by atoms with Gasteiger partial charge in [-0.15, -0.1) is 0 Å². The van der Waals surface area contributed by atoms with Gasteiger partial charge >= 0.3 is 0 Å². The zero-order valence-electron chi connectivity index (χ0n) is 34.2. The quantitative estimate of drug-likeness (QED) is 0.124. The van der Waals surface area contributed by atoms with Crippen LogP contribution in [0.2, 0.25) is 5.02 Å². The van der Waals surface area contributed by atoms with E-state index in [0.29, 0.717) is 22.9 Å². The first-order valence-corrected chi connectivity index (χ1v) is 22.6. The lowest BCUT2D eigenvalue weighted by Gasteiger charge is -2.24. The van der Waals surface area contributed by atoms with Crippen molar-refractivity contribution in [2.24, 2.45) is 13.0 Å². The standard InChI is InChI=1S/C44H35ClF6N8O5S/c1-57-38-32(9-8-29(45)36(38)41(55-57)56-65(2,62)63)59-42(53-30-16-22(5-7-26(30)43(59)61)21-6-10-33-23(15-21)4-3-11-64-33)31(14-20-12-24(46)17-25(47)13-20)52-34(60)19-58-39-35(37(54-58)40(48)49)27-18-28(27)44(39,50)51/h5-10,12-13,15-17,27-28,31,40H,3-4,11,14,18-19H2,1-2H3,(H,52,60)(H,55,56)/t27?,28?,31-/m0/s1. The minimum absolute atomic E-state index is 0.00190. The third kappa shape index (κ3) is 7.45. The molecule has 3 atom stereocenters. The normalized spacial score (nSPS) is 17.8. The summed E-state index contributed by atoms with van der Waals surface area (Å²) < 4.78 is 125. The number of nitrogens with one attached hydrogen (secondary N) is 2. The molecule has 1 aliphatic heterocycles. The molecule has 0 spiro atoms. The van der Waals surface area contributed by atoms with Gasteiger partial charge in [0.15, 0.2) is 5.82 Å². The Bertz CT molecular complexity index is 3320. The van der Waals surface area contributed by atoms with E-state index in [0.717, 1.165) is 52.7 Å². The molecule has 0 radical (unpaired) electrons. The molecule has 3 aliphatic rings. The van der Waals surface area contributed by atoms with E-state index in [1.165, 1.54) is 23.9 Å². The minimum atomic E-state index is -3.91. The molecule has 4 aromatic carbocycles. The van der Waals surface area contributed by atoms with Crippen LogP contribution >= 0.6 is 11.6 Å². The number of aryl methyl sites for hydroxylation is 2. The van der Waals surface area contributed by atoms with Crippen molar-refractivity contribution < 1.29 is 44.3 Å². The summed E-state index contributed by atoms with van der Waals surface area (Å²) in [5.41, 5.74) is 0.0262. The van der Waals surface area contributed by atoms with Crippen LogP contribution in [0, 0.1) is 17.6 Å². The Morgan fingerprint density at radius 1 is 1.02 bits per heavy atom. The maximum atomic E-state index is 15.6. The summed E-state index contributed by atoms with van der Waals surface area (Å²) in [6.07, 6.45) is -1.15. The Morgan fingerprint density at radius 3 is 2.49 bits per heavy atom. The fraction of sp³-hybridized carbons (Fsp3) is 0.295. The smallest absolute Gasteiger partial charge is 0.293 e. The fourth-order valence-corrected chi connectivity index (χ4v) is 10.0. The molecule has 10 rings (SSSR count). The Morgan fingerprint density at radius 2 is 1.75 bits per heavy atom. The van der Waals surface area contributed by atoms with Crippen molar-refractivity contribution in [2.45, 2.75) is 56.5 Å². The number of halogens is 7. The summed E-state index contributed by atoms with van der Waals surface area (Å²) >= 11 is 6.66. The van der Waals surface area contributed by atoms with E-state index >= 15 is 13.6 Å². The Balaban J connectivity index is 1.17. The second-order valence-corrected chi connectivity index (χ2v) is 18.7. The Labute approximate surface area is 370 Å². The van der Waals surface area contributed by atoms with Gasteiger partial charge in [-0.1, -0.05) is 23.7 Å². The minimum Gasteiger partial charge on any atom is -0.493 e. The van der Waals surface area contributed by atoms with E-state index in [1.807, 2.05) is 18.2 Å². The van der Waals surface area contributed by atoms with Crippen molar-refractivity contribution in [2.75, 3.05) is 17.6 Å². The van der Waals surface area contributed by atoms with Crippen LogP contribution in [0.25, 0.3) is 38.6 Å². The number of rotatable bonds is 11. The summed E-state index contributed by atoms with van der Waals surface area (Å²) in [6.45, 7) is -0.390. The Kier molecular flexibility index (Phi) is 10.0. The summed E-state index contributed by atoms with van der Waals surface area (Å²) in [6, 6.07) is 14.5. The number of fused-ring (bicyclic) bond motifs is 6. The van der Waals surface area contributed by atoms with Crippen LogP contribution < -0.4 is 20.3 Å². The van der Waals surface area contributed by atoms with Crippen molar-refractivity contribution in [1.29, 1.82) is 0 Å². The molecule has 7 aromatic rings. The van der Waals surface area contributed by atoms with E-state index in [2.05, 4.69) is 20.2 Å². The number of aromatic nitrogens is 6. The van der Waals surface area contributed by atoms with Crippen molar-refractivity contribution in [3.05, 3.63) is 128 Å². The zero-order chi connectivity index (χ0) is 45.9. The lowest BCUT2D eigenvalue weighted by molar-refractivity contribution is -0.123. The topological polar surface area (TPSA) is 155 Å². The molecule has 2 aliphatic carbocycles. The molecule has 1 fully saturated rings. The second-order valence-electron chi connectivity index (χ2n) is 16.5. The molecule has 1 saturated carbocycles. The Hall–Kier alpha value is -6.41. The average molecular weight is 937 g/mol. The van der Waals surface area contributed by atoms with Gasteiger partial charge < -0.3 is 10.1 Å². The number of carbonyl (C=O) groups is 1. The molecule has 13 nitrogen and oxygen atoms in total. The number of ether oxygens (including phenoxy) is 1. The molecule has 21 heteroatoms. The van der Waals surface area contributed by atoms with E-state index in [4.69, 9.17) is 21.3 Å². The van der Waals surface area contributed by atoms with Crippen molar-refractivity contribution in [3.8, 4) is 22.6 Å². The highest BCUT2D eigenvalue weighted by atomic mass is 35.5. The number of nitrogens with zero attached hydrogens (tertiary/aromatic N) is 6. The third-order valence-corrected chi connectivity index (χ3v) is 12.9. The van der Waals surface area contributed by atoms with Gasteiger partial charge in [0.25, 0.3) is 17.9 Å². The number of anilines is 1. The number of hydrogen-bond donors (Lipinski definition) is 2. The van der Waals surface area contributed by atoms with E-state index in [1.54, 1.807) is 18.2 Å². The van der Waals surface area contributed by atoms with Gasteiger partial charge in [-0.2, -0.15) is 19.0 Å². The summed E-state index contributed by atoms with van der Waals surface area (Å²) in [7, 11) is -2.45. The van der Waals surface area contributed by atoms with Gasteiger partial charge in [0.05, 0.1) is 51.4 Å². The monoisotopic (exact) mass is 936 g/mol. The lowest BCUT2D eigenvalue weighted by Crippen LogP contribution is -2.38. The number of benzene rings is 4. The number of alkyl halides is 4. The van der Waals surface area contributed by atoms with Crippen molar-refractivity contribution in [1.82, 2.24) is 34.4 Å². The molecule has 1 amide bonds. The molecule has 65 heavy (non-hydrogen) atoms. The number of amides is 1. The van der Waals surface area contributed by atoms with Crippen LogP contribution in [-0.2, 0) is 47.2 Å². The van der Waals surface area contributed by atoms with Gasteiger partial charge in [-0.25, -0.2) is 31.0 Å². The molecule has 4 heterocycles. The van der Waals surface area contributed by atoms with Gasteiger partial charge in [0.1, 0.15) is 41.1 Å². The molecular formula is C44H35ClF6N8O5S. The highest BCUT2D eigenvalue weighted by molar-refractivity contribution is 7.92. The van der Waals surface area contributed by atoms with E-state index in [9.17, 15) is 30.8 Å². The van der Waals surface area contributed by atoms with Crippen LogP contribution in [0.5, 0.6) is 5.75 Å². The number of sulfonamides is 1. The highest BCUT2D eigenvalue weighted by Crippen LogP contribution is 2.68. The summed E-state index contributed by atoms with van der Waals surface area (Å²) in [5, 5.41) is 11.0.